The minimum absolute atomic E-state index is 0.819. The predicted molar refractivity (Wildman–Crippen MR) is 78.3 cm³/mol. The second-order valence-corrected chi connectivity index (χ2v) is 5.14. The quantitative estimate of drug-likeness (QED) is 0.777. The van der Waals surface area contributed by atoms with E-state index in [1.165, 1.54) is 19.4 Å². The zero-order valence-electron chi connectivity index (χ0n) is 11.9. The largest absolute Gasteiger partial charge is 0.353 e. The maximum Gasteiger partial charge on any atom is 0.150 e. The van der Waals surface area contributed by atoms with Gasteiger partial charge in [-0.1, -0.05) is 6.42 Å². The summed E-state index contributed by atoms with van der Waals surface area (Å²) in [7, 11) is 0. The Hall–Kier alpha value is -1.20. The Kier molecular flexibility index (Phi) is 5.54. The van der Waals surface area contributed by atoms with Crippen molar-refractivity contribution in [3.8, 4) is 0 Å². The van der Waals surface area contributed by atoms with Crippen LogP contribution in [0.3, 0.4) is 0 Å². The molecular weight excluding hydrogens is 238 g/mol. The fourth-order valence-corrected chi connectivity index (χ4v) is 2.55. The van der Waals surface area contributed by atoms with E-state index in [0.29, 0.717) is 0 Å². The van der Waals surface area contributed by atoms with Gasteiger partial charge < -0.3 is 10.6 Å². The summed E-state index contributed by atoms with van der Waals surface area (Å²) < 4.78 is 0. The maximum atomic E-state index is 5.51. The average Bonchev–Trinajstić information content (AvgIpc) is 2.45. The fraction of sp³-hybridized carbons (Fsp3) is 0.714. The van der Waals surface area contributed by atoms with E-state index in [-0.39, 0.29) is 0 Å². The van der Waals surface area contributed by atoms with Crippen LogP contribution in [0.1, 0.15) is 25.0 Å². The molecular formula is C14H25N5. The van der Waals surface area contributed by atoms with Crippen molar-refractivity contribution in [2.24, 2.45) is 5.73 Å². The molecule has 0 bridgehead atoms. The lowest BCUT2D eigenvalue weighted by atomic mass is 10.2. The molecule has 0 saturated carbocycles. The zero-order chi connectivity index (χ0) is 13.5. The van der Waals surface area contributed by atoms with E-state index < -0.39 is 0 Å². The summed E-state index contributed by atoms with van der Waals surface area (Å²) in [4.78, 5) is 13.6. The summed E-state index contributed by atoms with van der Waals surface area (Å²) >= 11 is 0. The highest BCUT2D eigenvalue weighted by Crippen LogP contribution is 2.16. The molecule has 1 fully saturated rings. The van der Waals surface area contributed by atoms with Gasteiger partial charge in [-0.05, 0) is 32.9 Å². The van der Waals surface area contributed by atoms with E-state index in [1.54, 1.807) is 12.4 Å². The van der Waals surface area contributed by atoms with Crippen molar-refractivity contribution in [1.82, 2.24) is 14.9 Å². The highest BCUT2D eigenvalue weighted by Gasteiger charge is 2.18. The summed E-state index contributed by atoms with van der Waals surface area (Å²) in [6.45, 7) is 8.40. The van der Waals surface area contributed by atoms with Crippen LogP contribution in [0.2, 0.25) is 0 Å². The molecule has 0 spiro atoms. The number of piperazine rings is 1. The molecule has 2 N–H and O–H groups in total. The predicted octanol–water partition coefficient (Wildman–Crippen LogP) is 1.04. The van der Waals surface area contributed by atoms with E-state index >= 15 is 0 Å². The molecule has 106 valence electrons. The van der Waals surface area contributed by atoms with Gasteiger partial charge in [0.1, 0.15) is 5.82 Å². The van der Waals surface area contributed by atoms with E-state index in [0.717, 1.165) is 50.7 Å². The SMILES string of the molecule is Cc1nccnc1N1CCN(CCCCCN)CC1. The lowest BCUT2D eigenvalue weighted by molar-refractivity contribution is 0.252. The molecule has 5 nitrogen and oxygen atoms in total. The lowest BCUT2D eigenvalue weighted by Gasteiger charge is -2.35. The van der Waals surface area contributed by atoms with Crippen molar-refractivity contribution in [3.63, 3.8) is 0 Å². The number of nitrogens with two attached hydrogens (primary N) is 1. The molecule has 0 aromatic carbocycles. The number of rotatable bonds is 6. The normalized spacial score (nSPS) is 16.8. The van der Waals surface area contributed by atoms with Crippen LogP contribution >= 0.6 is 0 Å². The van der Waals surface area contributed by atoms with Gasteiger partial charge in [-0.3, -0.25) is 9.88 Å². The van der Waals surface area contributed by atoms with Crippen molar-refractivity contribution in [1.29, 1.82) is 0 Å². The number of nitrogens with zero attached hydrogens (tertiary/aromatic N) is 4. The third kappa shape index (κ3) is 4.14. The van der Waals surface area contributed by atoms with Gasteiger partial charge in [-0.15, -0.1) is 0 Å². The molecule has 0 amide bonds. The van der Waals surface area contributed by atoms with E-state index in [2.05, 4.69) is 19.8 Å². The van der Waals surface area contributed by atoms with E-state index in [1.807, 2.05) is 6.92 Å². The first-order chi connectivity index (χ1) is 9.31. The van der Waals surface area contributed by atoms with Crippen molar-refractivity contribution in [3.05, 3.63) is 18.1 Å². The van der Waals surface area contributed by atoms with Crippen LogP contribution in [0, 0.1) is 6.92 Å². The summed E-state index contributed by atoms with van der Waals surface area (Å²) in [5, 5.41) is 0. The summed E-state index contributed by atoms with van der Waals surface area (Å²) in [6.07, 6.45) is 7.20. The Bertz CT molecular complexity index is 374. The topological polar surface area (TPSA) is 58.3 Å². The molecule has 0 aliphatic carbocycles. The Balaban J connectivity index is 1.75. The second kappa shape index (κ2) is 7.40. The van der Waals surface area contributed by atoms with Gasteiger partial charge in [-0.2, -0.15) is 0 Å². The Morgan fingerprint density at radius 3 is 2.47 bits per heavy atom. The number of aryl methyl sites for hydroxylation is 1. The highest BCUT2D eigenvalue weighted by atomic mass is 15.3. The Morgan fingerprint density at radius 2 is 1.79 bits per heavy atom. The first-order valence-electron chi connectivity index (χ1n) is 7.26. The third-order valence-corrected chi connectivity index (χ3v) is 3.71. The Labute approximate surface area is 115 Å². The summed E-state index contributed by atoms with van der Waals surface area (Å²) in [5.41, 5.74) is 6.54. The summed E-state index contributed by atoms with van der Waals surface area (Å²) in [5.74, 6) is 1.05. The van der Waals surface area contributed by atoms with Crippen LogP contribution in [-0.2, 0) is 0 Å². The zero-order valence-corrected chi connectivity index (χ0v) is 11.9. The van der Waals surface area contributed by atoms with Crippen LogP contribution in [-0.4, -0.2) is 54.1 Å². The Morgan fingerprint density at radius 1 is 1.05 bits per heavy atom. The maximum absolute atomic E-state index is 5.51. The van der Waals surface area contributed by atoms with Crippen LogP contribution in [0.4, 0.5) is 5.82 Å². The number of hydrogen-bond acceptors (Lipinski definition) is 5. The highest BCUT2D eigenvalue weighted by molar-refractivity contribution is 5.42. The van der Waals surface area contributed by atoms with Gasteiger partial charge in [-0.25, -0.2) is 4.98 Å². The first kappa shape index (κ1) is 14.2. The summed E-state index contributed by atoms with van der Waals surface area (Å²) in [6, 6.07) is 0. The van der Waals surface area contributed by atoms with E-state index in [9.17, 15) is 0 Å². The van der Waals surface area contributed by atoms with Crippen molar-refractivity contribution >= 4 is 5.82 Å². The van der Waals surface area contributed by atoms with E-state index in [4.69, 9.17) is 5.73 Å². The smallest absolute Gasteiger partial charge is 0.150 e. The fourth-order valence-electron chi connectivity index (χ4n) is 2.55. The molecule has 1 saturated heterocycles. The molecule has 1 aromatic heterocycles. The molecule has 1 aromatic rings. The number of unbranched alkanes of at least 4 members (excludes halogenated alkanes) is 2. The minimum atomic E-state index is 0.819. The van der Waals surface area contributed by atoms with Crippen LogP contribution in [0.25, 0.3) is 0 Å². The lowest BCUT2D eigenvalue weighted by Crippen LogP contribution is -2.47. The molecule has 0 unspecified atom stereocenters. The molecule has 0 radical (unpaired) electrons. The van der Waals surface area contributed by atoms with Crippen molar-refractivity contribution in [2.75, 3.05) is 44.2 Å². The van der Waals surface area contributed by atoms with Gasteiger partial charge in [0.2, 0.25) is 0 Å². The molecule has 5 heteroatoms. The monoisotopic (exact) mass is 263 g/mol. The number of anilines is 1. The standard InChI is InChI=1S/C14H25N5/c1-13-14(17-7-6-16-13)19-11-9-18(10-12-19)8-4-2-3-5-15/h6-7H,2-5,8-12,15H2,1H3. The van der Waals surface area contributed by atoms with Gasteiger partial charge in [0.15, 0.2) is 0 Å². The molecule has 2 heterocycles. The molecule has 1 aliphatic rings. The minimum Gasteiger partial charge on any atom is -0.353 e. The molecule has 2 rings (SSSR count). The van der Waals surface area contributed by atoms with Gasteiger partial charge in [0, 0.05) is 38.6 Å². The first-order valence-corrected chi connectivity index (χ1v) is 7.26. The molecule has 1 aliphatic heterocycles. The van der Waals surface area contributed by atoms with Crippen molar-refractivity contribution in [2.45, 2.75) is 26.2 Å². The van der Waals surface area contributed by atoms with Crippen molar-refractivity contribution < 1.29 is 0 Å². The van der Waals surface area contributed by atoms with Crippen LogP contribution in [0.5, 0.6) is 0 Å². The average molecular weight is 263 g/mol. The molecule has 0 atom stereocenters. The second-order valence-electron chi connectivity index (χ2n) is 5.14. The van der Waals surface area contributed by atoms with Crippen LogP contribution < -0.4 is 10.6 Å². The molecule has 19 heavy (non-hydrogen) atoms. The van der Waals surface area contributed by atoms with Crippen LogP contribution in [0.15, 0.2) is 12.4 Å². The van der Waals surface area contributed by atoms with Gasteiger partial charge in [0.05, 0.1) is 5.69 Å². The van der Waals surface area contributed by atoms with Gasteiger partial charge >= 0.3 is 0 Å². The van der Waals surface area contributed by atoms with Gasteiger partial charge in [0.25, 0.3) is 0 Å². The number of hydrogen-bond donors (Lipinski definition) is 1. The third-order valence-electron chi connectivity index (χ3n) is 3.71. The number of aromatic nitrogens is 2.